The minimum Gasteiger partial charge on any atom is -0.492 e. The van der Waals surface area contributed by atoms with Crippen molar-refractivity contribution in [3.63, 3.8) is 0 Å². The summed E-state index contributed by atoms with van der Waals surface area (Å²) in [5.74, 6) is 0.382. The van der Waals surface area contributed by atoms with Gasteiger partial charge in [-0.15, -0.1) is 0 Å². The first kappa shape index (κ1) is 19.1. The molecule has 0 saturated heterocycles. The van der Waals surface area contributed by atoms with E-state index in [1.54, 1.807) is 0 Å². The molecule has 2 N–H and O–H groups in total. The Balaban J connectivity index is 1.88. The van der Waals surface area contributed by atoms with E-state index in [2.05, 4.69) is 10.0 Å². The van der Waals surface area contributed by atoms with Crippen LogP contribution in [-0.2, 0) is 10.0 Å². The summed E-state index contributed by atoms with van der Waals surface area (Å²) in [5.41, 5.74) is 1.65. The second kappa shape index (κ2) is 8.22. The number of amides is 1. The van der Waals surface area contributed by atoms with E-state index in [-0.39, 0.29) is 16.5 Å². The van der Waals surface area contributed by atoms with E-state index >= 15 is 0 Å². The Morgan fingerprint density at radius 2 is 1.96 bits per heavy atom. The van der Waals surface area contributed by atoms with Crippen LogP contribution in [-0.4, -0.2) is 33.7 Å². The number of nitrogens with one attached hydrogen (secondary N) is 2. The molecular weight excluding hydrogens is 364 g/mol. The van der Waals surface area contributed by atoms with Crippen molar-refractivity contribution in [1.29, 1.82) is 0 Å². The topological polar surface area (TPSA) is 84.5 Å². The number of hydrogen-bond acceptors (Lipinski definition) is 4. The van der Waals surface area contributed by atoms with E-state index in [1.807, 2.05) is 31.2 Å². The van der Waals surface area contributed by atoms with Crippen LogP contribution in [0.4, 0.5) is 5.69 Å². The molecule has 0 aliphatic heterocycles. The number of rotatable bonds is 7. The SMILES string of the molecule is Cc1cccc(OCCNC(=O)c2ccc(NS(C)(=O)=O)cc2Cl)c1. The van der Waals surface area contributed by atoms with E-state index in [4.69, 9.17) is 16.3 Å². The molecule has 6 nitrogen and oxygen atoms in total. The maximum atomic E-state index is 12.1. The first-order chi connectivity index (χ1) is 11.7. The van der Waals surface area contributed by atoms with Crippen molar-refractivity contribution in [2.45, 2.75) is 6.92 Å². The molecule has 0 fully saturated rings. The van der Waals surface area contributed by atoms with Gasteiger partial charge in [-0.3, -0.25) is 9.52 Å². The number of carbonyl (C=O) groups is 1. The summed E-state index contributed by atoms with van der Waals surface area (Å²) >= 11 is 6.05. The van der Waals surface area contributed by atoms with Crippen LogP contribution < -0.4 is 14.8 Å². The molecule has 134 valence electrons. The first-order valence-corrected chi connectivity index (χ1v) is 9.76. The molecule has 8 heteroatoms. The standard InChI is InChI=1S/C17H19ClN2O4S/c1-12-4-3-5-14(10-12)24-9-8-19-17(21)15-7-6-13(11-16(15)18)20-25(2,22)23/h3-7,10-11,20H,8-9H2,1-2H3,(H,19,21). The normalized spacial score (nSPS) is 11.0. The van der Waals surface area contributed by atoms with Gasteiger partial charge >= 0.3 is 0 Å². The Bertz CT molecular complexity index is 869. The van der Waals surface area contributed by atoms with Gasteiger partial charge in [0.1, 0.15) is 12.4 Å². The highest BCUT2D eigenvalue weighted by Crippen LogP contribution is 2.21. The predicted molar refractivity (Wildman–Crippen MR) is 98.9 cm³/mol. The van der Waals surface area contributed by atoms with Gasteiger partial charge in [0.15, 0.2) is 0 Å². The number of aryl methyl sites for hydroxylation is 1. The summed E-state index contributed by atoms with van der Waals surface area (Å²) < 4.78 is 30.2. The van der Waals surface area contributed by atoms with Crippen molar-refractivity contribution in [3.8, 4) is 5.75 Å². The van der Waals surface area contributed by atoms with Crippen LogP contribution in [0.15, 0.2) is 42.5 Å². The first-order valence-electron chi connectivity index (χ1n) is 7.49. The van der Waals surface area contributed by atoms with E-state index in [1.165, 1.54) is 18.2 Å². The molecule has 1 amide bonds. The smallest absolute Gasteiger partial charge is 0.252 e. The molecule has 0 atom stereocenters. The Hall–Kier alpha value is -2.25. The molecule has 0 aliphatic carbocycles. The summed E-state index contributed by atoms with van der Waals surface area (Å²) in [4.78, 5) is 12.1. The zero-order valence-corrected chi connectivity index (χ0v) is 15.4. The van der Waals surface area contributed by atoms with Crippen molar-refractivity contribution in [1.82, 2.24) is 5.32 Å². The fraction of sp³-hybridized carbons (Fsp3) is 0.235. The number of ether oxygens (including phenoxy) is 1. The average molecular weight is 383 g/mol. The lowest BCUT2D eigenvalue weighted by atomic mass is 10.2. The molecule has 0 aliphatic rings. The average Bonchev–Trinajstić information content (AvgIpc) is 2.50. The molecule has 0 aromatic heterocycles. The van der Waals surface area contributed by atoms with Crippen LogP contribution >= 0.6 is 11.6 Å². The lowest BCUT2D eigenvalue weighted by Gasteiger charge is -2.10. The highest BCUT2D eigenvalue weighted by atomic mass is 35.5. The third-order valence-electron chi connectivity index (χ3n) is 3.16. The lowest BCUT2D eigenvalue weighted by molar-refractivity contribution is 0.0947. The van der Waals surface area contributed by atoms with Crippen LogP contribution in [0.2, 0.25) is 5.02 Å². The summed E-state index contributed by atoms with van der Waals surface area (Å²) in [6.45, 7) is 2.60. The molecule has 0 heterocycles. The number of hydrogen-bond donors (Lipinski definition) is 2. The second-order valence-corrected chi connectivity index (χ2v) is 7.65. The van der Waals surface area contributed by atoms with Crippen LogP contribution in [0.5, 0.6) is 5.75 Å². The minimum absolute atomic E-state index is 0.158. The van der Waals surface area contributed by atoms with Gasteiger partial charge in [-0.25, -0.2) is 8.42 Å². The van der Waals surface area contributed by atoms with E-state index < -0.39 is 10.0 Å². The minimum atomic E-state index is -3.40. The van der Waals surface area contributed by atoms with E-state index in [0.717, 1.165) is 17.6 Å². The van der Waals surface area contributed by atoms with Gasteiger partial charge in [0.05, 0.1) is 23.4 Å². The summed E-state index contributed by atoms with van der Waals surface area (Å²) in [7, 11) is -3.40. The van der Waals surface area contributed by atoms with Crippen molar-refractivity contribution < 1.29 is 17.9 Å². The van der Waals surface area contributed by atoms with Crippen LogP contribution in [0.1, 0.15) is 15.9 Å². The van der Waals surface area contributed by atoms with Crippen LogP contribution in [0, 0.1) is 6.92 Å². The van der Waals surface area contributed by atoms with Crippen molar-refractivity contribution in [2.75, 3.05) is 24.1 Å². The van der Waals surface area contributed by atoms with Gasteiger partial charge in [-0.1, -0.05) is 23.7 Å². The Morgan fingerprint density at radius 3 is 2.60 bits per heavy atom. The Kier molecular flexibility index (Phi) is 6.27. The Morgan fingerprint density at radius 1 is 1.20 bits per heavy atom. The molecule has 0 saturated carbocycles. The van der Waals surface area contributed by atoms with E-state index in [9.17, 15) is 13.2 Å². The fourth-order valence-electron chi connectivity index (χ4n) is 2.11. The molecule has 2 rings (SSSR count). The number of benzene rings is 2. The van der Waals surface area contributed by atoms with Gasteiger partial charge in [0.25, 0.3) is 5.91 Å². The van der Waals surface area contributed by atoms with Crippen LogP contribution in [0.3, 0.4) is 0 Å². The van der Waals surface area contributed by atoms with Gasteiger partial charge in [0.2, 0.25) is 10.0 Å². The molecule has 0 radical (unpaired) electrons. The predicted octanol–water partition coefficient (Wildman–Crippen LogP) is 2.83. The van der Waals surface area contributed by atoms with Crippen LogP contribution in [0.25, 0.3) is 0 Å². The van der Waals surface area contributed by atoms with Crippen molar-refractivity contribution in [2.24, 2.45) is 0 Å². The third-order valence-corrected chi connectivity index (χ3v) is 4.08. The number of carbonyl (C=O) groups excluding carboxylic acids is 1. The molecule has 0 bridgehead atoms. The van der Waals surface area contributed by atoms with Gasteiger partial charge in [-0.2, -0.15) is 0 Å². The Labute approximate surface area is 152 Å². The number of halogens is 1. The van der Waals surface area contributed by atoms with Crippen molar-refractivity contribution >= 4 is 33.2 Å². The maximum Gasteiger partial charge on any atom is 0.252 e. The van der Waals surface area contributed by atoms with E-state index in [0.29, 0.717) is 18.8 Å². The molecule has 2 aromatic carbocycles. The monoisotopic (exact) mass is 382 g/mol. The van der Waals surface area contributed by atoms with Gasteiger partial charge < -0.3 is 10.1 Å². The van der Waals surface area contributed by atoms with Gasteiger partial charge in [0, 0.05) is 5.69 Å². The zero-order chi connectivity index (χ0) is 18.4. The third kappa shape index (κ3) is 6.28. The van der Waals surface area contributed by atoms with Crippen molar-refractivity contribution in [3.05, 3.63) is 58.6 Å². The second-order valence-electron chi connectivity index (χ2n) is 5.49. The molecule has 2 aromatic rings. The lowest BCUT2D eigenvalue weighted by Crippen LogP contribution is -2.28. The number of anilines is 1. The highest BCUT2D eigenvalue weighted by molar-refractivity contribution is 7.92. The molecule has 0 unspecified atom stereocenters. The largest absolute Gasteiger partial charge is 0.492 e. The summed E-state index contributed by atoms with van der Waals surface area (Å²) in [6.07, 6.45) is 1.04. The highest BCUT2D eigenvalue weighted by Gasteiger charge is 2.12. The quantitative estimate of drug-likeness (QED) is 0.721. The summed E-state index contributed by atoms with van der Waals surface area (Å²) in [5, 5.41) is 2.86. The zero-order valence-electron chi connectivity index (χ0n) is 13.9. The van der Waals surface area contributed by atoms with Gasteiger partial charge in [-0.05, 0) is 42.8 Å². The number of sulfonamides is 1. The molecular formula is C17H19ClN2O4S. The molecule has 25 heavy (non-hydrogen) atoms. The molecule has 0 spiro atoms. The maximum absolute atomic E-state index is 12.1. The fourth-order valence-corrected chi connectivity index (χ4v) is 2.93. The summed E-state index contributed by atoms with van der Waals surface area (Å²) in [6, 6.07) is 12.0.